The number of hydrogen-bond donors (Lipinski definition) is 0. The summed E-state index contributed by atoms with van der Waals surface area (Å²) in [5.74, 6) is 1.75. The minimum atomic E-state index is -0.347. The van der Waals surface area contributed by atoms with Crippen LogP contribution in [0, 0.1) is 35.0 Å². The molecular weight excluding hydrogens is 210 g/mol. The van der Waals surface area contributed by atoms with Crippen LogP contribution < -0.4 is 0 Å². The summed E-state index contributed by atoms with van der Waals surface area (Å²) in [6.07, 6.45) is 9.44. The van der Waals surface area contributed by atoms with Crippen molar-refractivity contribution in [1.82, 2.24) is 0 Å². The molecule has 0 N–H and O–H groups in total. The largest absolute Gasteiger partial charge is 0.298 e. The Kier molecular flexibility index (Phi) is 4.20. The zero-order valence-electron chi connectivity index (χ0n) is 10.8. The van der Waals surface area contributed by atoms with Crippen molar-refractivity contribution in [2.45, 2.75) is 58.3 Å². The molecule has 0 amide bonds. The lowest BCUT2D eigenvalue weighted by Gasteiger charge is -2.39. The molecule has 0 aromatic heterocycles. The standard InChI is InChI=1S/C15H23NO/c1-2-11(10-16)15(17)14-8-7-12-5-3-4-6-13(12)9-14/h11-14H,2-9H2,1H3. The van der Waals surface area contributed by atoms with Crippen molar-refractivity contribution in [2.24, 2.45) is 23.7 Å². The summed E-state index contributed by atoms with van der Waals surface area (Å²) in [5, 5.41) is 8.99. The lowest BCUT2D eigenvalue weighted by molar-refractivity contribution is -0.127. The van der Waals surface area contributed by atoms with E-state index in [4.69, 9.17) is 5.26 Å². The van der Waals surface area contributed by atoms with Gasteiger partial charge in [0, 0.05) is 5.92 Å². The number of fused-ring (bicyclic) bond motifs is 1. The van der Waals surface area contributed by atoms with E-state index in [9.17, 15) is 4.79 Å². The molecule has 4 atom stereocenters. The van der Waals surface area contributed by atoms with Crippen LogP contribution in [-0.2, 0) is 4.79 Å². The summed E-state index contributed by atoms with van der Waals surface area (Å²) in [6.45, 7) is 1.94. The molecule has 0 radical (unpaired) electrons. The second-order valence-corrected chi connectivity index (χ2v) is 5.81. The minimum Gasteiger partial charge on any atom is -0.298 e. The molecule has 2 heteroatoms. The van der Waals surface area contributed by atoms with E-state index in [1.165, 1.54) is 32.1 Å². The molecule has 0 aliphatic heterocycles. The summed E-state index contributed by atoms with van der Waals surface area (Å²) < 4.78 is 0. The highest BCUT2D eigenvalue weighted by Crippen LogP contribution is 2.43. The normalized spacial score (nSPS) is 34.5. The number of ketones is 1. The summed E-state index contributed by atoms with van der Waals surface area (Å²) in [5.41, 5.74) is 0. The Morgan fingerprint density at radius 3 is 2.59 bits per heavy atom. The van der Waals surface area contributed by atoms with Crippen LogP contribution in [0.5, 0.6) is 0 Å². The lowest BCUT2D eigenvalue weighted by atomic mass is 9.66. The van der Waals surface area contributed by atoms with Gasteiger partial charge in [0.1, 0.15) is 5.92 Å². The van der Waals surface area contributed by atoms with Crippen LogP contribution in [0.15, 0.2) is 0 Å². The van der Waals surface area contributed by atoms with Gasteiger partial charge in [0.2, 0.25) is 0 Å². The van der Waals surface area contributed by atoms with E-state index in [1.54, 1.807) is 0 Å². The van der Waals surface area contributed by atoms with Crippen molar-refractivity contribution in [2.75, 3.05) is 0 Å². The molecule has 2 rings (SSSR count). The summed E-state index contributed by atoms with van der Waals surface area (Å²) in [7, 11) is 0. The first-order chi connectivity index (χ1) is 8.26. The monoisotopic (exact) mass is 233 g/mol. The number of nitrogens with zero attached hydrogens (tertiary/aromatic N) is 1. The van der Waals surface area contributed by atoms with Gasteiger partial charge in [-0.3, -0.25) is 4.79 Å². The molecule has 0 heterocycles. The highest BCUT2D eigenvalue weighted by atomic mass is 16.1. The predicted octanol–water partition coefficient (Wildman–Crippen LogP) is 3.71. The number of carbonyl (C=O) groups is 1. The van der Waals surface area contributed by atoms with Gasteiger partial charge >= 0.3 is 0 Å². The highest BCUT2D eigenvalue weighted by Gasteiger charge is 2.36. The number of Topliss-reactive ketones (excluding diaryl/α,β-unsaturated/α-hetero) is 1. The molecule has 0 spiro atoms. The molecule has 2 aliphatic carbocycles. The third-order valence-corrected chi connectivity index (χ3v) is 4.85. The Morgan fingerprint density at radius 1 is 1.24 bits per heavy atom. The Labute approximate surface area is 104 Å². The molecular formula is C15H23NO. The fourth-order valence-electron chi connectivity index (χ4n) is 3.77. The van der Waals surface area contributed by atoms with Crippen LogP contribution >= 0.6 is 0 Å². The fourth-order valence-corrected chi connectivity index (χ4v) is 3.77. The minimum absolute atomic E-state index is 0.193. The van der Waals surface area contributed by atoms with E-state index in [0.717, 1.165) is 24.7 Å². The molecule has 2 fully saturated rings. The summed E-state index contributed by atoms with van der Waals surface area (Å²) in [6, 6.07) is 2.17. The third kappa shape index (κ3) is 2.70. The average Bonchev–Trinajstić information content (AvgIpc) is 2.39. The maximum Gasteiger partial charge on any atom is 0.153 e. The highest BCUT2D eigenvalue weighted by molar-refractivity contribution is 5.85. The van der Waals surface area contributed by atoms with E-state index >= 15 is 0 Å². The second kappa shape index (κ2) is 5.67. The van der Waals surface area contributed by atoms with Crippen molar-refractivity contribution >= 4 is 5.78 Å². The van der Waals surface area contributed by atoms with Gasteiger partial charge < -0.3 is 0 Å². The van der Waals surface area contributed by atoms with E-state index in [-0.39, 0.29) is 17.6 Å². The second-order valence-electron chi connectivity index (χ2n) is 5.81. The van der Waals surface area contributed by atoms with Crippen LogP contribution in [-0.4, -0.2) is 5.78 Å². The zero-order chi connectivity index (χ0) is 12.3. The molecule has 0 aromatic rings. The number of rotatable bonds is 3. The Morgan fingerprint density at radius 2 is 1.94 bits per heavy atom. The quantitative estimate of drug-likeness (QED) is 0.745. The molecule has 0 saturated heterocycles. The van der Waals surface area contributed by atoms with Gasteiger partial charge in [0.25, 0.3) is 0 Å². The first-order valence-corrected chi connectivity index (χ1v) is 7.19. The van der Waals surface area contributed by atoms with Gasteiger partial charge in [0.15, 0.2) is 5.78 Å². The van der Waals surface area contributed by atoms with E-state index in [1.807, 2.05) is 6.92 Å². The van der Waals surface area contributed by atoms with Crippen molar-refractivity contribution in [1.29, 1.82) is 5.26 Å². The molecule has 2 saturated carbocycles. The van der Waals surface area contributed by atoms with Crippen molar-refractivity contribution in [3.05, 3.63) is 0 Å². The maximum atomic E-state index is 12.2. The van der Waals surface area contributed by atoms with Crippen LogP contribution in [0.3, 0.4) is 0 Å². The predicted molar refractivity (Wildman–Crippen MR) is 67.2 cm³/mol. The van der Waals surface area contributed by atoms with Crippen molar-refractivity contribution in [3.63, 3.8) is 0 Å². The van der Waals surface area contributed by atoms with E-state index in [0.29, 0.717) is 6.42 Å². The van der Waals surface area contributed by atoms with Gasteiger partial charge in [-0.25, -0.2) is 0 Å². The van der Waals surface area contributed by atoms with Gasteiger partial charge in [-0.1, -0.05) is 32.6 Å². The zero-order valence-corrected chi connectivity index (χ0v) is 10.8. The Bertz CT molecular complexity index is 317. The van der Waals surface area contributed by atoms with Crippen molar-refractivity contribution in [3.8, 4) is 6.07 Å². The van der Waals surface area contributed by atoms with Crippen molar-refractivity contribution < 1.29 is 4.79 Å². The third-order valence-electron chi connectivity index (χ3n) is 4.85. The molecule has 0 aromatic carbocycles. The molecule has 4 unspecified atom stereocenters. The van der Waals surface area contributed by atoms with Crippen LogP contribution in [0.2, 0.25) is 0 Å². The van der Waals surface area contributed by atoms with Gasteiger partial charge in [-0.05, 0) is 37.5 Å². The molecule has 94 valence electrons. The van der Waals surface area contributed by atoms with Crippen LogP contribution in [0.1, 0.15) is 58.3 Å². The molecule has 17 heavy (non-hydrogen) atoms. The Hall–Kier alpha value is -0.840. The SMILES string of the molecule is CCC(C#N)C(=O)C1CCC2CCCCC2C1. The first-order valence-electron chi connectivity index (χ1n) is 7.19. The average molecular weight is 233 g/mol. The summed E-state index contributed by atoms with van der Waals surface area (Å²) >= 11 is 0. The number of carbonyl (C=O) groups excluding carboxylic acids is 1. The van der Waals surface area contributed by atoms with E-state index < -0.39 is 0 Å². The van der Waals surface area contributed by atoms with Gasteiger partial charge in [-0.15, -0.1) is 0 Å². The topological polar surface area (TPSA) is 40.9 Å². The van der Waals surface area contributed by atoms with Gasteiger partial charge in [-0.2, -0.15) is 5.26 Å². The smallest absolute Gasteiger partial charge is 0.153 e. The molecule has 2 nitrogen and oxygen atoms in total. The molecule has 2 aliphatic rings. The molecule has 0 bridgehead atoms. The lowest BCUT2D eigenvalue weighted by Crippen LogP contribution is -2.33. The van der Waals surface area contributed by atoms with E-state index in [2.05, 4.69) is 6.07 Å². The number of nitriles is 1. The van der Waals surface area contributed by atoms with Crippen LogP contribution in [0.4, 0.5) is 0 Å². The fraction of sp³-hybridized carbons (Fsp3) is 0.867. The van der Waals surface area contributed by atoms with Gasteiger partial charge in [0.05, 0.1) is 6.07 Å². The summed E-state index contributed by atoms with van der Waals surface area (Å²) in [4.78, 5) is 12.2. The Balaban J connectivity index is 1.95. The number of hydrogen-bond acceptors (Lipinski definition) is 2. The first kappa shape index (κ1) is 12.6. The maximum absolute atomic E-state index is 12.2. The van der Waals surface area contributed by atoms with Crippen LogP contribution in [0.25, 0.3) is 0 Å².